The molecule has 1 atom stereocenters. The van der Waals surface area contributed by atoms with Crippen LogP contribution in [0.3, 0.4) is 0 Å². The molecule has 1 aromatic heterocycles. The molecule has 0 saturated carbocycles. The summed E-state index contributed by atoms with van der Waals surface area (Å²) in [5, 5.41) is 5.44. The van der Waals surface area contributed by atoms with Gasteiger partial charge in [-0.25, -0.2) is 13.9 Å². The lowest BCUT2D eigenvalue weighted by Crippen LogP contribution is -2.48. The highest BCUT2D eigenvalue weighted by Gasteiger charge is 2.25. The van der Waals surface area contributed by atoms with Gasteiger partial charge in [0.2, 0.25) is 12.2 Å². The van der Waals surface area contributed by atoms with Gasteiger partial charge in [0.1, 0.15) is 37.2 Å². The van der Waals surface area contributed by atoms with E-state index in [0.717, 1.165) is 23.2 Å². The van der Waals surface area contributed by atoms with Crippen LogP contribution in [-0.2, 0) is 45.8 Å². The number of esters is 1. The van der Waals surface area contributed by atoms with E-state index in [1.165, 1.54) is 0 Å². The van der Waals surface area contributed by atoms with Crippen molar-refractivity contribution in [3.63, 3.8) is 0 Å². The van der Waals surface area contributed by atoms with Crippen LogP contribution in [0.25, 0.3) is 0 Å². The number of nitrogens with one attached hydrogen (secondary N) is 2. The molecule has 0 spiro atoms. The fourth-order valence-electron chi connectivity index (χ4n) is 3.67. The zero-order valence-corrected chi connectivity index (χ0v) is 24.6. The highest BCUT2D eigenvalue weighted by Crippen LogP contribution is 2.11. The van der Waals surface area contributed by atoms with E-state index in [2.05, 4.69) is 15.2 Å². The molecule has 2 aromatic carbocycles. The summed E-state index contributed by atoms with van der Waals surface area (Å²) in [4.78, 5) is 37.6. The molecule has 0 fully saturated rings. The minimum Gasteiger partial charge on any atom is -0.461 e. The summed E-state index contributed by atoms with van der Waals surface area (Å²) >= 11 is 0. The second-order valence-electron chi connectivity index (χ2n) is 10.7. The van der Waals surface area contributed by atoms with Gasteiger partial charge in [-0.1, -0.05) is 54.6 Å². The maximum Gasteiger partial charge on any atom is 0.673 e. The number of halogens is 4. The van der Waals surface area contributed by atoms with Gasteiger partial charge in [0, 0.05) is 13.0 Å². The zero-order chi connectivity index (χ0) is 32.0. The van der Waals surface area contributed by atoms with Crippen molar-refractivity contribution >= 4 is 25.2 Å². The molecule has 0 aliphatic heterocycles. The van der Waals surface area contributed by atoms with Gasteiger partial charge in [0.05, 0.1) is 7.05 Å². The summed E-state index contributed by atoms with van der Waals surface area (Å²) in [6.07, 6.45) is 5.30. The summed E-state index contributed by atoms with van der Waals surface area (Å²) in [6, 6.07) is 16.3. The lowest BCUT2D eigenvalue weighted by Gasteiger charge is -2.23. The molecule has 234 valence electrons. The van der Waals surface area contributed by atoms with E-state index in [-0.39, 0.29) is 26.0 Å². The topological polar surface area (TPSA) is 103 Å². The maximum atomic E-state index is 13.0. The third-order valence-corrected chi connectivity index (χ3v) is 5.57. The van der Waals surface area contributed by atoms with Gasteiger partial charge < -0.3 is 37.4 Å². The molecular formula is C29H37BF4N4O5. The van der Waals surface area contributed by atoms with Crippen LogP contribution in [-0.4, -0.2) is 41.4 Å². The third-order valence-electron chi connectivity index (χ3n) is 5.57. The first kappa shape index (κ1) is 34.8. The lowest BCUT2D eigenvalue weighted by molar-refractivity contribution is -0.671. The fraction of sp³-hybridized carbons (Fsp3) is 0.379. The van der Waals surface area contributed by atoms with Crippen LogP contribution < -0.4 is 15.2 Å². The number of aromatic nitrogens is 2. The van der Waals surface area contributed by atoms with Gasteiger partial charge >= 0.3 is 19.3 Å². The molecule has 1 heterocycles. The van der Waals surface area contributed by atoms with Crippen LogP contribution in [0, 0.1) is 0 Å². The Morgan fingerprint density at radius 3 is 2.12 bits per heavy atom. The van der Waals surface area contributed by atoms with Gasteiger partial charge in [-0.2, -0.15) is 0 Å². The third kappa shape index (κ3) is 16.0. The first-order valence-corrected chi connectivity index (χ1v) is 13.5. The largest absolute Gasteiger partial charge is 0.673 e. The molecule has 0 bridgehead atoms. The van der Waals surface area contributed by atoms with Crippen molar-refractivity contribution in [3.05, 3.63) is 90.0 Å². The number of carbonyl (C=O) groups excluding carboxylic acids is 3. The number of nitrogens with zero attached hydrogens (tertiary/aromatic N) is 2. The molecule has 2 amide bonds. The van der Waals surface area contributed by atoms with Crippen LogP contribution in [0.5, 0.6) is 0 Å². The molecule has 0 saturated heterocycles. The van der Waals surface area contributed by atoms with Crippen molar-refractivity contribution in [2.24, 2.45) is 7.05 Å². The molecule has 0 unspecified atom stereocenters. The quantitative estimate of drug-likeness (QED) is 0.142. The van der Waals surface area contributed by atoms with E-state index in [1.54, 1.807) is 20.8 Å². The minimum atomic E-state index is -6.00. The number of aryl methyl sites for hydroxylation is 1. The van der Waals surface area contributed by atoms with Crippen LogP contribution in [0.15, 0.2) is 73.3 Å². The summed E-state index contributed by atoms with van der Waals surface area (Å²) in [5.74, 6) is -0.861. The van der Waals surface area contributed by atoms with Gasteiger partial charge in [-0.05, 0) is 43.9 Å². The highest BCUT2D eigenvalue weighted by atomic mass is 19.5. The van der Waals surface area contributed by atoms with Crippen LogP contribution in [0.1, 0.15) is 50.3 Å². The summed E-state index contributed by atoms with van der Waals surface area (Å²) in [5.41, 5.74) is 2.20. The van der Waals surface area contributed by atoms with E-state index >= 15 is 0 Å². The van der Waals surface area contributed by atoms with Crippen molar-refractivity contribution in [2.45, 2.75) is 65.0 Å². The monoisotopic (exact) mass is 608 g/mol. The van der Waals surface area contributed by atoms with Gasteiger partial charge in [0.25, 0.3) is 0 Å². The summed E-state index contributed by atoms with van der Waals surface area (Å²) < 4.78 is 53.7. The number of carbonyl (C=O) groups is 3. The molecule has 3 aromatic rings. The Balaban J connectivity index is 0.00000119. The van der Waals surface area contributed by atoms with E-state index in [0.29, 0.717) is 0 Å². The number of alkyl carbamates (subject to hydrolysis) is 1. The van der Waals surface area contributed by atoms with Gasteiger partial charge in [0.15, 0.2) is 0 Å². The standard InChI is InChI=1S/C29H36N4O5.BF4/c1-29(2,3)38-28(36)31-25(14-15-26(34)37-20-24-8-6-5-7-9-24)27(35)30-18-22-10-12-23(13-11-22)19-33-17-16-32(4)21-33;2-1(3,4)5/h5-13,16-17,21,25H,14-15,18-20H2,1-4H3,(H-,30,31,35,36);/q;-1/p+1/t25-;/m0./s1. The summed E-state index contributed by atoms with van der Waals surface area (Å²) in [6.45, 7) is 6.39. The Bertz CT molecular complexity index is 1310. The van der Waals surface area contributed by atoms with Crippen molar-refractivity contribution in [1.29, 1.82) is 0 Å². The van der Waals surface area contributed by atoms with Gasteiger partial charge in [-0.3, -0.25) is 9.59 Å². The Labute approximate surface area is 248 Å². The maximum absolute atomic E-state index is 13.0. The summed E-state index contributed by atoms with van der Waals surface area (Å²) in [7, 11) is -4.03. The Kier molecular flexibility index (Phi) is 13.2. The molecule has 3 rings (SSSR count). The second kappa shape index (κ2) is 16.3. The predicted molar refractivity (Wildman–Crippen MR) is 152 cm³/mol. The van der Waals surface area contributed by atoms with E-state index in [9.17, 15) is 31.6 Å². The van der Waals surface area contributed by atoms with Crippen LogP contribution in [0.2, 0.25) is 0 Å². The molecule has 14 heteroatoms. The van der Waals surface area contributed by atoms with Crippen molar-refractivity contribution in [2.75, 3.05) is 0 Å². The van der Waals surface area contributed by atoms with Crippen molar-refractivity contribution < 1.29 is 45.7 Å². The Morgan fingerprint density at radius 1 is 0.953 bits per heavy atom. The number of hydrogen-bond donors (Lipinski definition) is 2. The van der Waals surface area contributed by atoms with Gasteiger partial charge in [-0.15, -0.1) is 0 Å². The van der Waals surface area contributed by atoms with E-state index in [1.807, 2.05) is 84.9 Å². The average molecular weight is 608 g/mol. The minimum absolute atomic E-state index is 0.0352. The lowest BCUT2D eigenvalue weighted by atomic mass is 10.1. The van der Waals surface area contributed by atoms with Crippen molar-refractivity contribution in [3.8, 4) is 0 Å². The average Bonchev–Trinajstić information content (AvgIpc) is 3.32. The number of rotatable bonds is 11. The highest BCUT2D eigenvalue weighted by molar-refractivity contribution is 6.50. The molecule has 9 nitrogen and oxygen atoms in total. The second-order valence-corrected chi connectivity index (χ2v) is 10.7. The molecule has 2 N–H and O–H groups in total. The SMILES string of the molecule is C[n+]1ccn(Cc2ccc(CNC(=O)[C@H](CCC(=O)OCc3ccccc3)NC(=O)OC(C)(C)C)cc2)c1.F[B-](F)(F)F. The molecule has 0 aliphatic carbocycles. The smallest absolute Gasteiger partial charge is 0.461 e. The molecule has 0 aliphatic rings. The molecule has 0 radical (unpaired) electrons. The first-order chi connectivity index (χ1) is 20.1. The van der Waals surface area contributed by atoms with Crippen molar-refractivity contribution in [1.82, 2.24) is 15.2 Å². The number of ether oxygens (including phenoxy) is 2. The molecule has 43 heavy (non-hydrogen) atoms. The number of hydrogen-bond acceptors (Lipinski definition) is 5. The first-order valence-electron chi connectivity index (χ1n) is 13.5. The predicted octanol–water partition coefficient (Wildman–Crippen LogP) is 4.69. The zero-order valence-electron chi connectivity index (χ0n) is 24.6. The fourth-order valence-corrected chi connectivity index (χ4v) is 3.67. The normalized spacial score (nSPS) is 11.9. The number of imidazole rings is 1. The Morgan fingerprint density at radius 2 is 1.56 bits per heavy atom. The number of amides is 2. The van der Waals surface area contributed by atoms with Crippen LogP contribution in [0.4, 0.5) is 22.1 Å². The van der Waals surface area contributed by atoms with E-state index in [4.69, 9.17) is 9.47 Å². The van der Waals surface area contributed by atoms with Crippen LogP contribution >= 0.6 is 0 Å². The number of benzene rings is 2. The Hall–Kier alpha value is -4.36. The molecular weight excluding hydrogens is 571 g/mol. The van der Waals surface area contributed by atoms with E-state index < -0.39 is 36.9 Å².